The van der Waals surface area contributed by atoms with Gasteiger partial charge in [0.2, 0.25) is 15.0 Å². The van der Waals surface area contributed by atoms with Gasteiger partial charge in [-0.05, 0) is 28.8 Å². The molecule has 0 N–H and O–H groups in total. The highest BCUT2D eigenvalue weighted by Gasteiger charge is 2.29. The van der Waals surface area contributed by atoms with Crippen molar-refractivity contribution >= 4 is 21.2 Å². The summed E-state index contributed by atoms with van der Waals surface area (Å²) >= 11 is 1.82. The molecule has 1 aliphatic rings. The number of methoxy groups -OCH3 is 1. The van der Waals surface area contributed by atoms with E-state index >= 15 is 0 Å². The SMILES string of the molecule is COCCn1c(CN2CCc3sccc3C2)cnc1S(=O)(=O)CC(C)(C)C. The number of fused-ring (bicyclic) bond motifs is 1. The Kier molecular flexibility index (Phi) is 6.10. The molecule has 0 saturated carbocycles. The van der Waals surface area contributed by atoms with Gasteiger partial charge in [-0.3, -0.25) is 4.90 Å². The molecule has 0 amide bonds. The number of rotatable bonds is 7. The Labute approximate surface area is 166 Å². The molecule has 0 fully saturated rings. The average Bonchev–Trinajstić information content (AvgIpc) is 3.17. The van der Waals surface area contributed by atoms with Crippen LogP contribution in [0.4, 0.5) is 0 Å². The normalized spacial score (nSPS) is 15.9. The minimum atomic E-state index is -3.46. The molecule has 0 atom stereocenters. The molecule has 0 radical (unpaired) electrons. The molecule has 8 heteroatoms. The largest absolute Gasteiger partial charge is 0.383 e. The van der Waals surface area contributed by atoms with Gasteiger partial charge < -0.3 is 9.30 Å². The number of hydrogen-bond donors (Lipinski definition) is 0. The first-order chi connectivity index (χ1) is 12.7. The third-order valence-electron chi connectivity index (χ3n) is 4.59. The second-order valence-electron chi connectivity index (χ2n) is 8.33. The molecule has 27 heavy (non-hydrogen) atoms. The van der Waals surface area contributed by atoms with Crippen molar-refractivity contribution in [2.75, 3.05) is 26.0 Å². The fraction of sp³-hybridized carbons (Fsp3) is 0.632. The van der Waals surface area contributed by atoms with Gasteiger partial charge in [0.05, 0.1) is 24.3 Å². The molecule has 0 aromatic carbocycles. The van der Waals surface area contributed by atoms with Crippen molar-refractivity contribution in [1.29, 1.82) is 0 Å². The monoisotopic (exact) mass is 411 g/mol. The molecule has 2 aromatic rings. The molecule has 0 spiro atoms. The lowest BCUT2D eigenvalue weighted by molar-refractivity contribution is 0.180. The van der Waals surface area contributed by atoms with Crippen molar-refractivity contribution in [3.05, 3.63) is 33.8 Å². The number of imidazole rings is 1. The van der Waals surface area contributed by atoms with Crippen LogP contribution in [-0.2, 0) is 40.6 Å². The van der Waals surface area contributed by atoms with Gasteiger partial charge in [-0.2, -0.15) is 0 Å². The maximum Gasteiger partial charge on any atom is 0.227 e. The topological polar surface area (TPSA) is 64.4 Å². The Morgan fingerprint density at radius 1 is 1.33 bits per heavy atom. The van der Waals surface area contributed by atoms with Gasteiger partial charge >= 0.3 is 0 Å². The summed E-state index contributed by atoms with van der Waals surface area (Å²) in [6, 6.07) is 2.19. The van der Waals surface area contributed by atoms with Crippen LogP contribution in [0.1, 0.15) is 36.9 Å². The van der Waals surface area contributed by atoms with Gasteiger partial charge in [0.25, 0.3) is 0 Å². The molecule has 0 unspecified atom stereocenters. The lowest BCUT2D eigenvalue weighted by Gasteiger charge is -2.27. The summed E-state index contributed by atoms with van der Waals surface area (Å²) in [5.41, 5.74) is 1.99. The first-order valence-electron chi connectivity index (χ1n) is 9.23. The Bertz CT molecular complexity index is 878. The smallest absolute Gasteiger partial charge is 0.227 e. The van der Waals surface area contributed by atoms with Crippen molar-refractivity contribution in [1.82, 2.24) is 14.5 Å². The van der Waals surface area contributed by atoms with E-state index in [0.29, 0.717) is 19.7 Å². The fourth-order valence-electron chi connectivity index (χ4n) is 3.49. The second-order valence-corrected chi connectivity index (χ2v) is 11.2. The van der Waals surface area contributed by atoms with Crippen LogP contribution in [-0.4, -0.2) is 48.9 Å². The third-order valence-corrected chi connectivity index (χ3v) is 7.75. The first kappa shape index (κ1) is 20.5. The minimum Gasteiger partial charge on any atom is -0.383 e. The summed E-state index contributed by atoms with van der Waals surface area (Å²) < 4.78 is 32.9. The van der Waals surface area contributed by atoms with Crippen molar-refractivity contribution in [3.63, 3.8) is 0 Å². The summed E-state index contributed by atoms with van der Waals surface area (Å²) in [6.07, 6.45) is 2.77. The molecule has 0 bridgehead atoms. The summed E-state index contributed by atoms with van der Waals surface area (Å²) in [5.74, 6) is 0.0748. The Balaban J connectivity index is 1.84. The molecule has 3 heterocycles. The van der Waals surface area contributed by atoms with E-state index in [1.54, 1.807) is 13.3 Å². The van der Waals surface area contributed by atoms with Crippen molar-refractivity contribution < 1.29 is 13.2 Å². The van der Waals surface area contributed by atoms with Crippen LogP contribution in [0.5, 0.6) is 0 Å². The van der Waals surface area contributed by atoms with E-state index in [-0.39, 0.29) is 16.3 Å². The summed E-state index contributed by atoms with van der Waals surface area (Å²) in [7, 11) is -1.83. The van der Waals surface area contributed by atoms with Crippen LogP contribution in [0, 0.1) is 5.41 Å². The predicted octanol–water partition coefficient (Wildman–Crippen LogP) is 2.97. The Morgan fingerprint density at radius 2 is 2.11 bits per heavy atom. The molecular weight excluding hydrogens is 382 g/mol. The van der Waals surface area contributed by atoms with Gasteiger partial charge in [0, 0.05) is 38.2 Å². The molecule has 2 aromatic heterocycles. The zero-order valence-electron chi connectivity index (χ0n) is 16.6. The summed E-state index contributed by atoms with van der Waals surface area (Å²) in [6.45, 7) is 9.31. The van der Waals surface area contributed by atoms with Crippen LogP contribution in [0.3, 0.4) is 0 Å². The highest BCUT2D eigenvalue weighted by atomic mass is 32.2. The van der Waals surface area contributed by atoms with Gasteiger partial charge in [-0.1, -0.05) is 20.8 Å². The average molecular weight is 412 g/mol. The quantitative estimate of drug-likeness (QED) is 0.701. The van der Waals surface area contributed by atoms with Crippen LogP contribution < -0.4 is 0 Å². The van der Waals surface area contributed by atoms with E-state index in [1.807, 2.05) is 36.7 Å². The first-order valence-corrected chi connectivity index (χ1v) is 11.8. The molecule has 0 aliphatic carbocycles. The maximum absolute atomic E-state index is 12.9. The number of aromatic nitrogens is 2. The van der Waals surface area contributed by atoms with Crippen LogP contribution in [0.25, 0.3) is 0 Å². The second kappa shape index (κ2) is 8.03. The van der Waals surface area contributed by atoms with Crippen molar-refractivity contribution in [2.24, 2.45) is 5.41 Å². The maximum atomic E-state index is 12.9. The van der Waals surface area contributed by atoms with Gasteiger partial charge in [0.15, 0.2) is 0 Å². The van der Waals surface area contributed by atoms with Gasteiger partial charge in [0.1, 0.15) is 0 Å². The highest BCUT2D eigenvalue weighted by molar-refractivity contribution is 7.91. The number of hydrogen-bond acceptors (Lipinski definition) is 6. The number of ether oxygens (including phenoxy) is 1. The van der Waals surface area contributed by atoms with Gasteiger partial charge in [-0.15, -0.1) is 11.3 Å². The zero-order chi connectivity index (χ0) is 19.7. The number of thiophene rings is 1. The van der Waals surface area contributed by atoms with E-state index < -0.39 is 9.84 Å². The molecule has 0 saturated heterocycles. The summed E-state index contributed by atoms with van der Waals surface area (Å²) in [4.78, 5) is 8.14. The van der Waals surface area contributed by atoms with Crippen LogP contribution >= 0.6 is 11.3 Å². The van der Waals surface area contributed by atoms with E-state index in [9.17, 15) is 8.42 Å². The van der Waals surface area contributed by atoms with E-state index in [1.165, 1.54) is 10.4 Å². The molecule has 1 aliphatic heterocycles. The molecule has 150 valence electrons. The minimum absolute atomic E-state index is 0.0748. The highest BCUT2D eigenvalue weighted by Crippen LogP contribution is 2.26. The van der Waals surface area contributed by atoms with Crippen LogP contribution in [0.15, 0.2) is 22.8 Å². The predicted molar refractivity (Wildman–Crippen MR) is 108 cm³/mol. The number of sulfone groups is 1. The lowest BCUT2D eigenvalue weighted by Crippen LogP contribution is -2.31. The van der Waals surface area contributed by atoms with E-state index in [0.717, 1.165) is 25.2 Å². The van der Waals surface area contributed by atoms with Crippen LogP contribution in [0.2, 0.25) is 0 Å². The fourth-order valence-corrected chi connectivity index (χ4v) is 6.41. The standard InChI is InChI=1S/C19H29N3O3S2/c1-19(2,3)14-27(23,24)18-20-11-16(22(18)8-9-25-4)13-21-7-5-17-15(12-21)6-10-26-17/h6,10-11H,5,7-9,12-14H2,1-4H3. The Hall–Kier alpha value is -1.22. The number of nitrogens with zero attached hydrogens (tertiary/aromatic N) is 3. The van der Waals surface area contributed by atoms with E-state index in [4.69, 9.17) is 4.74 Å². The molecular formula is C19H29N3O3S2. The van der Waals surface area contributed by atoms with Crippen molar-refractivity contribution in [3.8, 4) is 0 Å². The third kappa shape index (κ3) is 4.99. The zero-order valence-corrected chi connectivity index (χ0v) is 18.2. The Morgan fingerprint density at radius 3 is 2.81 bits per heavy atom. The van der Waals surface area contributed by atoms with Gasteiger partial charge in [-0.25, -0.2) is 13.4 Å². The summed E-state index contributed by atoms with van der Waals surface area (Å²) in [5, 5.41) is 2.31. The van der Waals surface area contributed by atoms with E-state index in [2.05, 4.69) is 21.3 Å². The molecule has 6 nitrogen and oxygen atoms in total. The lowest BCUT2D eigenvalue weighted by atomic mass is 10.0. The van der Waals surface area contributed by atoms with Crippen molar-refractivity contribution in [2.45, 2.75) is 52.0 Å². The molecule has 3 rings (SSSR count).